The van der Waals surface area contributed by atoms with Crippen LogP contribution in [0.4, 0.5) is 0 Å². The van der Waals surface area contributed by atoms with Gasteiger partial charge in [0.05, 0.1) is 11.6 Å². The maximum Gasteiger partial charge on any atom is 0.335 e. The Morgan fingerprint density at radius 3 is 2.04 bits per heavy atom. The highest BCUT2D eigenvalue weighted by Crippen LogP contribution is 2.29. The predicted octanol–water partition coefficient (Wildman–Crippen LogP) is 2.72. The molecule has 0 saturated carbocycles. The lowest BCUT2D eigenvalue weighted by atomic mass is 9.95. The van der Waals surface area contributed by atoms with Crippen LogP contribution in [0.3, 0.4) is 0 Å². The summed E-state index contributed by atoms with van der Waals surface area (Å²) < 4.78 is 0. The quantitative estimate of drug-likeness (QED) is 0.943. The van der Waals surface area contributed by atoms with Crippen molar-refractivity contribution in [1.82, 2.24) is 9.80 Å². The Hall–Kier alpha value is -2.17. The van der Waals surface area contributed by atoms with Gasteiger partial charge in [-0.15, -0.1) is 0 Å². The van der Waals surface area contributed by atoms with Crippen molar-refractivity contribution in [3.63, 3.8) is 0 Å². The molecule has 3 rings (SSSR count). The first-order valence-electron chi connectivity index (χ1n) is 7.96. The highest BCUT2D eigenvalue weighted by Gasteiger charge is 2.25. The molecule has 2 aromatic carbocycles. The fourth-order valence-electron chi connectivity index (χ4n) is 3.14. The number of rotatable bonds is 4. The Bertz CT molecular complexity index is 647. The fourth-order valence-corrected chi connectivity index (χ4v) is 3.14. The van der Waals surface area contributed by atoms with Gasteiger partial charge < -0.3 is 10.0 Å². The highest BCUT2D eigenvalue weighted by molar-refractivity contribution is 5.87. The van der Waals surface area contributed by atoms with Gasteiger partial charge in [0.2, 0.25) is 0 Å². The topological polar surface area (TPSA) is 43.8 Å². The molecule has 1 fully saturated rings. The summed E-state index contributed by atoms with van der Waals surface area (Å²) in [5, 5.41) is 9.09. The number of benzene rings is 2. The summed E-state index contributed by atoms with van der Waals surface area (Å²) >= 11 is 0. The minimum absolute atomic E-state index is 0.174. The third-order valence-corrected chi connectivity index (χ3v) is 4.49. The molecule has 1 aliphatic rings. The van der Waals surface area contributed by atoms with Crippen LogP contribution in [0.5, 0.6) is 0 Å². The van der Waals surface area contributed by atoms with Crippen LogP contribution < -0.4 is 0 Å². The summed E-state index contributed by atoms with van der Waals surface area (Å²) in [6.45, 7) is 4.13. The van der Waals surface area contributed by atoms with Crippen LogP contribution in [-0.2, 0) is 0 Å². The van der Waals surface area contributed by atoms with E-state index >= 15 is 0 Å². The smallest absolute Gasteiger partial charge is 0.335 e. The molecule has 1 aliphatic heterocycles. The summed E-state index contributed by atoms with van der Waals surface area (Å²) in [6, 6.07) is 17.9. The molecular weight excluding hydrogens is 288 g/mol. The van der Waals surface area contributed by atoms with Gasteiger partial charge in [-0.25, -0.2) is 4.79 Å². The second-order valence-corrected chi connectivity index (χ2v) is 6.08. The molecular formula is C19H22N2O2. The van der Waals surface area contributed by atoms with Crippen molar-refractivity contribution in [3.05, 3.63) is 71.3 Å². The molecule has 0 amide bonds. The zero-order valence-corrected chi connectivity index (χ0v) is 13.4. The molecule has 4 nitrogen and oxygen atoms in total. The van der Waals surface area contributed by atoms with E-state index in [1.165, 1.54) is 5.56 Å². The van der Waals surface area contributed by atoms with Crippen LogP contribution in [0.25, 0.3) is 0 Å². The summed E-state index contributed by atoms with van der Waals surface area (Å²) in [5.74, 6) is -0.882. The normalized spacial score (nSPS) is 17.8. The van der Waals surface area contributed by atoms with E-state index in [1.54, 1.807) is 12.1 Å². The molecule has 0 aliphatic carbocycles. The van der Waals surface area contributed by atoms with E-state index in [9.17, 15) is 4.79 Å². The number of carboxylic acids is 1. The van der Waals surface area contributed by atoms with Gasteiger partial charge in [-0.3, -0.25) is 4.90 Å². The van der Waals surface area contributed by atoms with E-state index in [4.69, 9.17) is 5.11 Å². The van der Waals surface area contributed by atoms with E-state index in [1.807, 2.05) is 18.2 Å². The van der Waals surface area contributed by atoms with Crippen molar-refractivity contribution >= 4 is 5.97 Å². The number of likely N-dealkylation sites (N-methyl/N-ethyl adjacent to an activating group) is 1. The Balaban J connectivity index is 1.93. The second kappa shape index (κ2) is 6.94. The van der Waals surface area contributed by atoms with Gasteiger partial charge in [0.1, 0.15) is 0 Å². The van der Waals surface area contributed by atoms with Crippen LogP contribution >= 0.6 is 0 Å². The molecule has 0 spiro atoms. The Kier molecular flexibility index (Phi) is 4.74. The molecule has 2 aromatic rings. The summed E-state index contributed by atoms with van der Waals surface area (Å²) in [5.41, 5.74) is 2.73. The van der Waals surface area contributed by atoms with Gasteiger partial charge in [-0.2, -0.15) is 0 Å². The van der Waals surface area contributed by atoms with Crippen molar-refractivity contribution in [1.29, 1.82) is 0 Å². The van der Waals surface area contributed by atoms with E-state index in [-0.39, 0.29) is 6.04 Å². The number of hydrogen-bond donors (Lipinski definition) is 1. The first kappa shape index (κ1) is 15.7. The summed E-state index contributed by atoms with van der Waals surface area (Å²) in [4.78, 5) is 15.9. The number of aromatic carboxylic acids is 1. The van der Waals surface area contributed by atoms with Crippen molar-refractivity contribution in [3.8, 4) is 0 Å². The van der Waals surface area contributed by atoms with E-state index < -0.39 is 5.97 Å². The Morgan fingerprint density at radius 2 is 1.48 bits per heavy atom. The van der Waals surface area contributed by atoms with E-state index in [0.717, 1.165) is 31.7 Å². The minimum Gasteiger partial charge on any atom is -0.478 e. The number of carboxylic acid groups (broad SMARTS) is 1. The molecule has 1 saturated heterocycles. The predicted molar refractivity (Wildman–Crippen MR) is 90.8 cm³/mol. The van der Waals surface area contributed by atoms with Crippen LogP contribution in [0.1, 0.15) is 27.5 Å². The van der Waals surface area contributed by atoms with Gasteiger partial charge in [0.15, 0.2) is 0 Å². The largest absolute Gasteiger partial charge is 0.478 e. The lowest BCUT2D eigenvalue weighted by molar-refractivity contribution is 0.0697. The average molecular weight is 310 g/mol. The molecule has 1 unspecified atom stereocenters. The van der Waals surface area contributed by atoms with Crippen molar-refractivity contribution in [2.75, 3.05) is 33.2 Å². The average Bonchev–Trinajstić information content (AvgIpc) is 2.58. The Morgan fingerprint density at radius 1 is 0.913 bits per heavy atom. The van der Waals surface area contributed by atoms with E-state index in [0.29, 0.717) is 5.56 Å². The SMILES string of the molecule is CN1CCN(C(c2ccccc2)c2ccc(C(=O)O)cc2)CC1. The zero-order valence-electron chi connectivity index (χ0n) is 13.4. The lowest BCUT2D eigenvalue weighted by Crippen LogP contribution is -2.46. The monoisotopic (exact) mass is 310 g/mol. The molecule has 0 radical (unpaired) electrons. The maximum atomic E-state index is 11.1. The standard InChI is InChI=1S/C19H22N2O2/c1-20-11-13-21(14-12-20)18(15-5-3-2-4-6-15)16-7-9-17(10-8-16)19(22)23/h2-10,18H,11-14H2,1H3,(H,22,23). The van der Waals surface area contributed by atoms with Crippen LogP contribution in [-0.4, -0.2) is 54.1 Å². The maximum absolute atomic E-state index is 11.1. The van der Waals surface area contributed by atoms with Crippen LogP contribution in [0, 0.1) is 0 Å². The third-order valence-electron chi connectivity index (χ3n) is 4.49. The molecule has 1 atom stereocenters. The molecule has 0 bridgehead atoms. The van der Waals surface area contributed by atoms with Gasteiger partial charge >= 0.3 is 5.97 Å². The van der Waals surface area contributed by atoms with Gasteiger partial charge in [-0.1, -0.05) is 42.5 Å². The summed E-state index contributed by atoms with van der Waals surface area (Å²) in [6.07, 6.45) is 0. The fraction of sp³-hybridized carbons (Fsp3) is 0.316. The first-order valence-corrected chi connectivity index (χ1v) is 7.96. The Labute approximate surface area is 137 Å². The number of nitrogens with zero attached hydrogens (tertiary/aromatic N) is 2. The third kappa shape index (κ3) is 3.60. The molecule has 23 heavy (non-hydrogen) atoms. The molecule has 1 N–H and O–H groups in total. The zero-order chi connectivity index (χ0) is 16.2. The van der Waals surface area contributed by atoms with Crippen molar-refractivity contribution in [2.45, 2.75) is 6.04 Å². The highest BCUT2D eigenvalue weighted by atomic mass is 16.4. The first-order chi connectivity index (χ1) is 11.1. The molecule has 0 aromatic heterocycles. The molecule has 4 heteroatoms. The number of carbonyl (C=O) groups is 1. The number of hydrogen-bond acceptors (Lipinski definition) is 3. The van der Waals surface area contributed by atoms with Crippen molar-refractivity contribution < 1.29 is 9.90 Å². The number of piperazine rings is 1. The van der Waals surface area contributed by atoms with E-state index in [2.05, 4.69) is 41.1 Å². The van der Waals surface area contributed by atoms with Crippen LogP contribution in [0.15, 0.2) is 54.6 Å². The molecule has 1 heterocycles. The minimum atomic E-state index is -0.882. The van der Waals surface area contributed by atoms with Gasteiger partial charge in [0.25, 0.3) is 0 Å². The van der Waals surface area contributed by atoms with Gasteiger partial charge in [-0.05, 0) is 30.3 Å². The summed E-state index contributed by atoms with van der Waals surface area (Å²) in [7, 11) is 2.15. The molecule has 120 valence electrons. The van der Waals surface area contributed by atoms with Crippen molar-refractivity contribution in [2.24, 2.45) is 0 Å². The second-order valence-electron chi connectivity index (χ2n) is 6.08. The lowest BCUT2D eigenvalue weighted by Gasteiger charge is -2.38. The van der Waals surface area contributed by atoms with Gasteiger partial charge in [0, 0.05) is 26.2 Å². The van der Waals surface area contributed by atoms with Crippen LogP contribution in [0.2, 0.25) is 0 Å².